The third kappa shape index (κ3) is 6.52. The Bertz CT molecular complexity index is 1490. The summed E-state index contributed by atoms with van der Waals surface area (Å²) >= 11 is 0. The van der Waals surface area contributed by atoms with E-state index in [1.807, 2.05) is 30.3 Å². The van der Waals surface area contributed by atoms with Gasteiger partial charge in [-0.1, -0.05) is 36.4 Å². The largest absolute Gasteiger partial charge is 0.469 e. The summed E-state index contributed by atoms with van der Waals surface area (Å²) in [5.74, 6) is -0.984. The van der Waals surface area contributed by atoms with Crippen molar-refractivity contribution in [1.29, 1.82) is 0 Å². The molecule has 0 atom stereocenters. The quantitative estimate of drug-likeness (QED) is 0.306. The van der Waals surface area contributed by atoms with Crippen LogP contribution in [0, 0.1) is 0 Å². The molecule has 4 rings (SSSR count). The molecule has 3 N–H and O–H groups in total. The van der Waals surface area contributed by atoms with Gasteiger partial charge in [-0.05, 0) is 50.1 Å². The van der Waals surface area contributed by atoms with Gasteiger partial charge in [-0.2, -0.15) is 0 Å². The summed E-state index contributed by atoms with van der Waals surface area (Å²) < 4.78 is 10.1. The molecule has 196 valence electrons. The molecule has 4 aromatic rings. The summed E-state index contributed by atoms with van der Waals surface area (Å²) in [6.07, 6.45) is 1.23. The Labute approximate surface area is 219 Å². The zero-order chi connectivity index (χ0) is 27.3. The van der Waals surface area contributed by atoms with Crippen molar-refractivity contribution in [3.8, 4) is 11.3 Å². The Morgan fingerprint density at radius 2 is 1.79 bits per heavy atom. The standard InChI is InChI=1S/C28H29N5O5/c1-28(2,3)38-27(36)30-16-17-8-7-10-19(14-17)23-20-12-13-29-24(20)33-25(32-23)26(35)31-21-11-6-5-9-18(21)15-22(34)37-4/h5-14H,15-16H2,1-4H3,(H,30,36)(H,31,35)(H,29,32,33). The van der Waals surface area contributed by atoms with Gasteiger partial charge in [0.2, 0.25) is 5.82 Å². The van der Waals surface area contributed by atoms with Crippen LogP contribution < -0.4 is 10.6 Å². The summed E-state index contributed by atoms with van der Waals surface area (Å²) in [5.41, 5.74) is 3.13. The van der Waals surface area contributed by atoms with E-state index in [2.05, 4.69) is 25.6 Å². The third-order valence-corrected chi connectivity index (χ3v) is 5.48. The second-order valence-corrected chi connectivity index (χ2v) is 9.56. The third-order valence-electron chi connectivity index (χ3n) is 5.48. The maximum absolute atomic E-state index is 13.2. The summed E-state index contributed by atoms with van der Waals surface area (Å²) in [6.45, 7) is 5.66. The number of ether oxygens (including phenoxy) is 2. The van der Waals surface area contributed by atoms with Gasteiger partial charge in [-0.15, -0.1) is 0 Å². The lowest BCUT2D eigenvalue weighted by atomic mass is 10.1. The SMILES string of the molecule is COC(=O)Cc1ccccc1NC(=O)c1nc(-c2cccc(CNC(=O)OC(C)(C)C)c2)c2cc[nH]c2n1. The number of hydrogen-bond acceptors (Lipinski definition) is 7. The van der Waals surface area contributed by atoms with Crippen molar-refractivity contribution in [2.75, 3.05) is 12.4 Å². The number of alkyl carbamates (subject to hydrolysis) is 1. The average Bonchev–Trinajstić information content (AvgIpc) is 3.36. The molecule has 0 aliphatic rings. The Balaban J connectivity index is 1.60. The fourth-order valence-corrected chi connectivity index (χ4v) is 3.78. The van der Waals surface area contributed by atoms with Gasteiger partial charge < -0.3 is 25.1 Å². The highest BCUT2D eigenvalue weighted by Gasteiger charge is 2.19. The Morgan fingerprint density at radius 3 is 2.55 bits per heavy atom. The first-order valence-corrected chi connectivity index (χ1v) is 12.0. The molecule has 0 bridgehead atoms. The molecule has 0 fully saturated rings. The molecule has 2 heterocycles. The van der Waals surface area contributed by atoms with E-state index < -0.39 is 23.6 Å². The number of esters is 1. The van der Waals surface area contributed by atoms with Crippen LogP contribution in [-0.2, 0) is 27.2 Å². The Morgan fingerprint density at radius 1 is 1.00 bits per heavy atom. The fourth-order valence-electron chi connectivity index (χ4n) is 3.78. The molecule has 38 heavy (non-hydrogen) atoms. The number of nitrogens with zero attached hydrogens (tertiary/aromatic N) is 2. The average molecular weight is 516 g/mol. The van der Waals surface area contributed by atoms with Gasteiger partial charge in [0.25, 0.3) is 5.91 Å². The van der Waals surface area contributed by atoms with Gasteiger partial charge >= 0.3 is 12.1 Å². The number of rotatable bonds is 7. The minimum atomic E-state index is -0.594. The van der Waals surface area contributed by atoms with Gasteiger partial charge in [0.05, 0.1) is 19.2 Å². The van der Waals surface area contributed by atoms with E-state index in [9.17, 15) is 14.4 Å². The highest BCUT2D eigenvalue weighted by molar-refractivity contribution is 6.04. The molecule has 0 aliphatic heterocycles. The summed E-state index contributed by atoms with van der Waals surface area (Å²) in [4.78, 5) is 49.1. The van der Waals surface area contributed by atoms with Crippen molar-refractivity contribution in [3.63, 3.8) is 0 Å². The maximum Gasteiger partial charge on any atom is 0.407 e. The highest BCUT2D eigenvalue weighted by atomic mass is 16.6. The van der Waals surface area contributed by atoms with Gasteiger partial charge in [-0.25, -0.2) is 14.8 Å². The number of para-hydroxylation sites is 1. The minimum Gasteiger partial charge on any atom is -0.469 e. The number of nitrogens with one attached hydrogen (secondary N) is 3. The van der Waals surface area contributed by atoms with Crippen molar-refractivity contribution in [3.05, 3.63) is 77.7 Å². The van der Waals surface area contributed by atoms with Crippen molar-refractivity contribution in [2.45, 2.75) is 39.3 Å². The number of aromatic nitrogens is 3. The van der Waals surface area contributed by atoms with Crippen LogP contribution in [0.4, 0.5) is 10.5 Å². The van der Waals surface area contributed by atoms with E-state index in [0.717, 1.165) is 16.5 Å². The lowest BCUT2D eigenvalue weighted by Crippen LogP contribution is -2.32. The summed E-state index contributed by atoms with van der Waals surface area (Å²) in [6, 6.07) is 16.3. The van der Waals surface area contributed by atoms with E-state index in [-0.39, 0.29) is 18.8 Å². The molecular formula is C28H29N5O5. The Kier molecular flexibility index (Phi) is 7.71. The Hall–Kier alpha value is -4.73. The molecule has 0 saturated carbocycles. The monoisotopic (exact) mass is 515 g/mol. The van der Waals surface area contributed by atoms with Gasteiger partial charge in [-0.3, -0.25) is 9.59 Å². The van der Waals surface area contributed by atoms with Crippen LogP contribution in [0.2, 0.25) is 0 Å². The van der Waals surface area contributed by atoms with Crippen molar-refractivity contribution in [2.24, 2.45) is 0 Å². The van der Waals surface area contributed by atoms with E-state index in [1.54, 1.807) is 51.2 Å². The molecule has 2 aromatic carbocycles. The predicted molar refractivity (Wildman–Crippen MR) is 143 cm³/mol. The first kappa shape index (κ1) is 26.3. The minimum absolute atomic E-state index is 0.0127. The van der Waals surface area contributed by atoms with Crippen LogP contribution in [0.15, 0.2) is 60.8 Å². The van der Waals surface area contributed by atoms with Crippen LogP contribution in [0.25, 0.3) is 22.3 Å². The van der Waals surface area contributed by atoms with Crippen molar-refractivity contribution >= 4 is 34.7 Å². The number of hydrogen-bond donors (Lipinski definition) is 3. The lowest BCUT2D eigenvalue weighted by molar-refractivity contribution is -0.139. The molecule has 0 saturated heterocycles. The second-order valence-electron chi connectivity index (χ2n) is 9.56. The molecule has 10 nitrogen and oxygen atoms in total. The van der Waals surface area contributed by atoms with E-state index in [1.165, 1.54) is 7.11 Å². The number of amides is 2. The van der Waals surface area contributed by atoms with Gasteiger partial charge in [0, 0.05) is 29.4 Å². The second kappa shape index (κ2) is 11.1. The van der Waals surface area contributed by atoms with Crippen molar-refractivity contribution < 1.29 is 23.9 Å². The summed E-state index contributed by atoms with van der Waals surface area (Å²) in [5, 5.41) is 6.30. The number of aromatic amines is 1. The number of carbonyl (C=O) groups is 3. The smallest absolute Gasteiger partial charge is 0.407 e. The number of fused-ring (bicyclic) bond motifs is 1. The van der Waals surface area contributed by atoms with Crippen LogP contribution >= 0.6 is 0 Å². The molecule has 0 radical (unpaired) electrons. The van der Waals surface area contributed by atoms with Gasteiger partial charge in [0.15, 0.2) is 0 Å². The van der Waals surface area contributed by atoms with Crippen LogP contribution in [0.1, 0.15) is 42.5 Å². The highest BCUT2D eigenvalue weighted by Crippen LogP contribution is 2.27. The number of anilines is 1. The lowest BCUT2D eigenvalue weighted by Gasteiger charge is -2.19. The number of carbonyl (C=O) groups excluding carboxylic acids is 3. The number of methoxy groups -OCH3 is 1. The normalized spacial score (nSPS) is 11.2. The van der Waals surface area contributed by atoms with E-state index in [4.69, 9.17) is 9.47 Å². The molecule has 0 spiro atoms. The molecule has 10 heteroatoms. The summed E-state index contributed by atoms with van der Waals surface area (Å²) in [7, 11) is 1.31. The predicted octanol–water partition coefficient (Wildman–Crippen LogP) is 4.62. The molecule has 2 amide bonds. The number of H-pyrrole nitrogens is 1. The van der Waals surface area contributed by atoms with Crippen molar-refractivity contribution in [1.82, 2.24) is 20.3 Å². The molecule has 0 unspecified atom stereocenters. The molecule has 2 aromatic heterocycles. The fraction of sp³-hybridized carbons (Fsp3) is 0.250. The van der Waals surface area contributed by atoms with Crippen LogP contribution in [0.5, 0.6) is 0 Å². The topological polar surface area (TPSA) is 135 Å². The van der Waals surface area contributed by atoms with Crippen LogP contribution in [-0.4, -0.2) is 45.6 Å². The molecule has 0 aliphatic carbocycles. The molecular weight excluding hydrogens is 486 g/mol. The van der Waals surface area contributed by atoms with Crippen LogP contribution in [0.3, 0.4) is 0 Å². The van der Waals surface area contributed by atoms with Gasteiger partial charge in [0.1, 0.15) is 11.2 Å². The number of benzene rings is 2. The first-order chi connectivity index (χ1) is 18.1. The first-order valence-electron chi connectivity index (χ1n) is 12.0. The maximum atomic E-state index is 13.2. The zero-order valence-corrected chi connectivity index (χ0v) is 21.6. The van der Waals surface area contributed by atoms with E-state index >= 15 is 0 Å². The zero-order valence-electron chi connectivity index (χ0n) is 21.6. The van der Waals surface area contributed by atoms with E-state index in [0.29, 0.717) is 22.6 Å².